The van der Waals surface area contributed by atoms with Crippen LogP contribution in [0.2, 0.25) is 0 Å². The Kier molecular flexibility index (Phi) is 12.1. The predicted molar refractivity (Wildman–Crippen MR) is 193 cm³/mol. The molecule has 0 unspecified atom stereocenters. The molecule has 8 nitrogen and oxygen atoms in total. The van der Waals surface area contributed by atoms with Gasteiger partial charge in [-0.15, -0.1) is 11.3 Å². The van der Waals surface area contributed by atoms with Crippen LogP contribution in [0.25, 0.3) is 10.6 Å². The zero-order valence-corrected chi connectivity index (χ0v) is 30.5. The highest BCUT2D eigenvalue weighted by Crippen LogP contribution is 2.34. The molecule has 3 aromatic carbocycles. The van der Waals surface area contributed by atoms with Crippen molar-refractivity contribution in [3.63, 3.8) is 0 Å². The smallest absolute Gasteiger partial charge is 0.416 e. The lowest BCUT2D eigenvalue weighted by atomic mass is 10.0. The van der Waals surface area contributed by atoms with Gasteiger partial charge in [-0.05, 0) is 101 Å². The number of ether oxygens (including phenoxy) is 3. The molecule has 0 aliphatic carbocycles. The average molecular weight is 724 g/mol. The van der Waals surface area contributed by atoms with Crippen LogP contribution in [0.4, 0.5) is 18.9 Å². The van der Waals surface area contributed by atoms with E-state index in [0.717, 1.165) is 60.3 Å². The van der Waals surface area contributed by atoms with Gasteiger partial charge >= 0.3 is 12.1 Å². The second-order valence-corrected chi connectivity index (χ2v) is 14.0. The number of benzene rings is 3. The van der Waals surface area contributed by atoms with E-state index in [2.05, 4.69) is 21.9 Å². The normalized spacial score (nSPS) is 14.0. The molecule has 1 aliphatic heterocycles. The van der Waals surface area contributed by atoms with Crippen LogP contribution in [0.3, 0.4) is 0 Å². The highest BCUT2D eigenvalue weighted by Gasteiger charge is 2.32. The van der Waals surface area contributed by atoms with Gasteiger partial charge in [-0.3, -0.25) is 9.69 Å². The molecule has 272 valence electrons. The van der Waals surface area contributed by atoms with Crippen LogP contribution >= 0.6 is 11.3 Å². The molecule has 1 aliphatic rings. The second kappa shape index (κ2) is 16.3. The summed E-state index contributed by atoms with van der Waals surface area (Å²) in [6.07, 6.45) is -3.77. The monoisotopic (exact) mass is 723 g/mol. The number of carbonyl (C=O) groups excluding carboxylic acids is 2. The number of nitrogens with zero attached hydrogens (tertiary/aromatic N) is 3. The Labute approximate surface area is 301 Å². The van der Waals surface area contributed by atoms with Crippen molar-refractivity contribution in [2.45, 2.75) is 65.8 Å². The summed E-state index contributed by atoms with van der Waals surface area (Å²) >= 11 is 1.42. The third kappa shape index (κ3) is 9.68. The molecule has 0 spiro atoms. The lowest BCUT2D eigenvalue weighted by molar-refractivity contribution is -0.158. The summed E-state index contributed by atoms with van der Waals surface area (Å²) in [7, 11) is 0. The highest BCUT2D eigenvalue weighted by atomic mass is 32.1. The van der Waals surface area contributed by atoms with Gasteiger partial charge in [-0.25, -0.2) is 9.78 Å². The van der Waals surface area contributed by atoms with Gasteiger partial charge in [0.25, 0.3) is 0 Å². The molecule has 0 saturated carbocycles. The number of anilines is 1. The van der Waals surface area contributed by atoms with Crippen molar-refractivity contribution in [2.24, 2.45) is 0 Å². The van der Waals surface area contributed by atoms with Gasteiger partial charge < -0.3 is 19.1 Å². The van der Waals surface area contributed by atoms with Crippen molar-refractivity contribution in [1.82, 2.24) is 9.88 Å². The predicted octanol–water partition coefficient (Wildman–Crippen LogP) is 8.39. The first-order chi connectivity index (χ1) is 24.3. The molecular formula is C39H44F3N3O5S. The molecular weight excluding hydrogens is 680 g/mol. The molecule has 51 heavy (non-hydrogen) atoms. The number of rotatable bonds is 14. The molecule has 0 atom stereocenters. The number of aryl methyl sites for hydroxylation is 2. The van der Waals surface area contributed by atoms with Crippen molar-refractivity contribution >= 4 is 28.8 Å². The lowest BCUT2D eigenvalue weighted by Crippen LogP contribution is -2.46. The lowest BCUT2D eigenvalue weighted by Gasteiger charge is -2.36. The Morgan fingerprint density at radius 1 is 0.902 bits per heavy atom. The first-order valence-corrected chi connectivity index (χ1v) is 18.0. The average Bonchev–Trinajstić information content (AvgIpc) is 3.51. The maximum atomic E-state index is 13.4. The Morgan fingerprint density at radius 2 is 1.59 bits per heavy atom. The van der Waals surface area contributed by atoms with E-state index in [1.165, 1.54) is 23.5 Å². The third-order valence-electron chi connectivity index (χ3n) is 8.70. The van der Waals surface area contributed by atoms with Crippen LogP contribution in [-0.4, -0.2) is 66.6 Å². The number of carbonyl (C=O) groups is 2. The van der Waals surface area contributed by atoms with Crippen LogP contribution in [0, 0.1) is 6.92 Å². The molecule has 1 saturated heterocycles. The Morgan fingerprint density at radius 3 is 2.20 bits per heavy atom. The Bertz CT molecular complexity index is 1800. The molecule has 0 N–H and O–H groups in total. The third-order valence-corrected chi connectivity index (χ3v) is 9.91. The van der Waals surface area contributed by atoms with Crippen LogP contribution in [0.1, 0.15) is 66.2 Å². The summed E-state index contributed by atoms with van der Waals surface area (Å²) in [5, 5.41) is 0.621. The minimum absolute atomic E-state index is 0.0614. The molecule has 1 aromatic heterocycles. The summed E-state index contributed by atoms with van der Waals surface area (Å²) in [5.74, 6) is 0.788. The number of Topliss-reactive ketones (excluding diaryl/α,β-unsaturated/α-hetero) is 1. The SMILES string of the molecule is CCOC(=O)C(C)(C)Oc1ccc(C(=O)CCc2sc(-c3ccc(C(F)(F)F)cc3)nc2CN2CCN(c3ccc(OCC)cc3)CC2)cc1C. The first kappa shape index (κ1) is 37.8. The van der Waals surface area contributed by atoms with E-state index in [4.69, 9.17) is 19.2 Å². The van der Waals surface area contributed by atoms with E-state index < -0.39 is 23.3 Å². The molecule has 0 bridgehead atoms. The number of hydrogen-bond donors (Lipinski definition) is 0. The van der Waals surface area contributed by atoms with Crippen LogP contribution < -0.4 is 14.4 Å². The van der Waals surface area contributed by atoms with Crippen molar-refractivity contribution in [3.8, 4) is 22.1 Å². The number of esters is 1. The number of piperazine rings is 1. The van der Waals surface area contributed by atoms with Crippen molar-refractivity contribution in [2.75, 3.05) is 44.3 Å². The Balaban J connectivity index is 1.29. The zero-order chi connectivity index (χ0) is 36.8. The molecule has 4 aromatic rings. The standard InChI is InChI=1S/C39H44F3N3O5S/c1-6-48-31-15-13-30(14-16-31)45-22-20-44(21-23-45)25-32-35(51-36(43-32)27-8-11-29(12-9-27)39(40,41)42)19-17-33(46)28-10-18-34(26(3)24-28)50-38(4,5)37(47)49-7-2/h8-16,18,24H,6-7,17,19-23,25H2,1-5H3. The molecule has 2 heterocycles. The molecule has 5 rings (SSSR count). The maximum Gasteiger partial charge on any atom is 0.416 e. The fourth-order valence-corrected chi connectivity index (χ4v) is 6.93. The van der Waals surface area contributed by atoms with Gasteiger partial charge in [0.15, 0.2) is 11.4 Å². The number of hydrogen-bond acceptors (Lipinski definition) is 9. The summed E-state index contributed by atoms with van der Waals surface area (Å²) in [6, 6.07) is 18.3. The van der Waals surface area contributed by atoms with Gasteiger partial charge in [-0.2, -0.15) is 13.2 Å². The van der Waals surface area contributed by atoms with Gasteiger partial charge in [0.1, 0.15) is 16.5 Å². The largest absolute Gasteiger partial charge is 0.494 e. The number of ketones is 1. The van der Waals surface area contributed by atoms with Crippen LogP contribution in [0.15, 0.2) is 66.7 Å². The van der Waals surface area contributed by atoms with E-state index in [-0.39, 0.29) is 18.8 Å². The van der Waals surface area contributed by atoms with E-state index in [0.29, 0.717) is 47.0 Å². The van der Waals surface area contributed by atoms with Gasteiger partial charge in [0.05, 0.1) is 24.5 Å². The minimum Gasteiger partial charge on any atom is -0.494 e. The molecule has 1 fully saturated rings. The summed E-state index contributed by atoms with van der Waals surface area (Å²) in [4.78, 5) is 36.2. The summed E-state index contributed by atoms with van der Waals surface area (Å²) in [5.41, 5.74) is 1.89. The number of halogens is 3. The molecule has 0 amide bonds. The van der Waals surface area contributed by atoms with Crippen molar-refractivity contribution < 1.29 is 37.0 Å². The van der Waals surface area contributed by atoms with Crippen LogP contribution in [0.5, 0.6) is 11.5 Å². The first-order valence-electron chi connectivity index (χ1n) is 17.1. The zero-order valence-electron chi connectivity index (χ0n) is 29.6. The number of thiazole rings is 1. The summed E-state index contributed by atoms with van der Waals surface area (Å²) in [6.45, 7) is 13.5. The van der Waals surface area contributed by atoms with Crippen LogP contribution in [-0.2, 0) is 28.7 Å². The topological polar surface area (TPSA) is 81.2 Å². The molecule has 12 heteroatoms. The number of alkyl halides is 3. The van der Waals surface area contributed by atoms with Gasteiger partial charge in [0.2, 0.25) is 0 Å². The molecule has 0 radical (unpaired) electrons. The second-order valence-electron chi connectivity index (χ2n) is 12.9. The highest BCUT2D eigenvalue weighted by molar-refractivity contribution is 7.15. The van der Waals surface area contributed by atoms with E-state index in [1.54, 1.807) is 39.0 Å². The maximum absolute atomic E-state index is 13.4. The Hall–Kier alpha value is -4.42. The minimum atomic E-state index is -4.43. The van der Waals surface area contributed by atoms with Gasteiger partial charge in [0, 0.05) is 60.8 Å². The fraction of sp³-hybridized carbons (Fsp3) is 0.410. The fourth-order valence-electron chi connectivity index (χ4n) is 5.85. The van der Waals surface area contributed by atoms with Crippen molar-refractivity contribution in [3.05, 3.63) is 94.0 Å². The van der Waals surface area contributed by atoms with E-state index in [1.807, 2.05) is 26.0 Å². The van der Waals surface area contributed by atoms with E-state index >= 15 is 0 Å². The summed E-state index contributed by atoms with van der Waals surface area (Å²) < 4.78 is 56.4. The van der Waals surface area contributed by atoms with Gasteiger partial charge in [-0.1, -0.05) is 12.1 Å². The number of aromatic nitrogens is 1. The quantitative estimate of drug-likeness (QED) is 0.0949. The van der Waals surface area contributed by atoms with Crippen molar-refractivity contribution in [1.29, 1.82) is 0 Å². The van der Waals surface area contributed by atoms with E-state index in [9.17, 15) is 22.8 Å².